The van der Waals surface area contributed by atoms with E-state index in [0.717, 1.165) is 31.6 Å². The van der Waals surface area contributed by atoms with Gasteiger partial charge in [0.05, 0.1) is 12.2 Å². The number of allylic oxidation sites excluding steroid dienone is 1. The van der Waals surface area contributed by atoms with Crippen LogP contribution in [-0.4, -0.2) is 22.4 Å². The first kappa shape index (κ1) is 23.8. The molecule has 0 aromatic heterocycles. The fourth-order valence-electron chi connectivity index (χ4n) is 9.37. The summed E-state index contributed by atoms with van der Waals surface area (Å²) in [6.07, 6.45) is 12.8. The van der Waals surface area contributed by atoms with E-state index in [9.17, 15) is 10.2 Å². The van der Waals surface area contributed by atoms with E-state index in [0.29, 0.717) is 29.6 Å². The lowest BCUT2D eigenvalue weighted by molar-refractivity contribution is -0.143. The van der Waals surface area contributed by atoms with Crippen molar-refractivity contribution in [2.45, 2.75) is 118 Å². The Labute approximate surface area is 192 Å². The molecule has 0 amide bonds. The summed E-state index contributed by atoms with van der Waals surface area (Å²) in [5, 5.41) is 22.5. The molecule has 0 aliphatic heterocycles. The maximum Gasteiger partial charge on any atom is 0.0628 e. The third-order valence-corrected chi connectivity index (χ3v) is 11.2. The summed E-state index contributed by atoms with van der Waals surface area (Å²) in [6.45, 7) is 16.6. The average molecular weight is 431 g/mol. The molecule has 3 fully saturated rings. The second-order valence-electron chi connectivity index (χ2n) is 13.5. The Morgan fingerprint density at radius 2 is 1.65 bits per heavy atom. The van der Waals surface area contributed by atoms with Gasteiger partial charge in [-0.05, 0) is 84.9 Å². The number of rotatable bonds is 5. The first-order chi connectivity index (χ1) is 14.4. The molecule has 4 aliphatic carbocycles. The van der Waals surface area contributed by atoms with E-state index in [1.807, 2.05) is 0 Å². The first-order valence-electron chi connectivity index (χ1n) is 13.5. The van der Waals surface area contributed by atoms with Crippen molar-refractivity contribution >= 4 is 0 Å². The fraction of sp³-hybridized carbons (Fsp3) is 0.931. The van der Waals surface area contributed by atoms with E-state index in [1.165, 1.54) is 37.7 Å². The molecule has 31 heavy (non-hydrogen) atoms. The molecule has 9 atom stereocenters. The van der Waals surface area contributed by atoms with Crippen LogP contribution in [0.2, 0.25) is 0 Å². The maximum atomic E-state index is 11.7. The highest BCUT2D eigenvalue weighted by Crippen LogP contribution is 2.68. The van der Waals surface area contributed by atoms with E-state index in [2.05, 4.69) is 54.5 Å². The van der Waals surface area contributed by atoms with Gasteiger partial charge in [0.1, 0.15) is 0 Å². The second kappa shape index (κ2) is 8.15. The van der Waals surface area contributed by atoms with Crippen LogP contribution in [0.4, 0.5) is 0 Å². The summed E-state index contributed by atoms with van der Waals surface area (Å²) in [5.74, 6) is 4.12. The predicted octanol–water partition coefficient (Wildman–Crippen LogP) is 7.00. The Kier molecular flexibility index (Phi) is 6.26. The number of aliphatic hydroxyl groups excluding tert-OH is 2. The van der Waals surface area contributed by atoms with Crippen LogP contribution < -0.4 is 0 Å². The Bertz CT molecular complexity index is 693. The minimum absolute atomic E-state index is 0.0871. The molecular formula is C29H50O2. The van der Waals surface area contributed by atoms with Gasteiger partial charge in [-0.2, -0.15) is 0 Å². The molecule has 0 unspecified atom stereocenters. The summed E-state index contributed by atoms with van der Waals surface area (Å²) in [7, 11) is 0. The summed E-state index contributed by atoms with van der Waals surface area (Å²) in [4.78, 5) is 0. The molecule has 178 valence electrons. The van der Waals surface area contributed by atoms with Crippen LogP contribution in [0, 0.1) is 51.8 Å². The van der Waals surface area contributed by atoms with Gasteiger partial charge in [0.25, 0.3) is 0 Å². The molecule has 0 aromatic carbocycles. The molecule has 0 radical (unpaired) electrons. The van der Waals surface area contributed by atoms with Gasteiger partial charge >= 0.3 is 0 Å². The van der Waals surface area contributed by atoms with Gasteiger partial charge in [0.2, 0.25) is 0 Å². The van der Waals surface area contributed by atoms with Crippen LogP contribution in [0.15, 0.2) is 11.6 Å². The fourth-order valence-corrected chi connectivity index (χ4v) is 9.37. The maximum absolute atomic E-state index is 11.7. The van der Waals surface area contributed by atoms with Gasteiger partial charge in [-0.15, -0.1) is 0 Å². The van der Waals surface area contributed by atoms with Crippen LogP contribution in [0.5, 0.6) is 0 Å². The highest BCUT2D eigenvalue weighted by Gasteiger charge is 2.64. The van der Waals surface area contributed by atoms with Gasteiger partial charge < -0.3 is 10.2 Å². The summed E-state index contributed by atoms with van der Waals surface area (Å²) in [5.41, 5.74) is 1.60. The zero-order chi connectivity index (χ0) is 22.8. The topological polar surface area (TPSA) is 40.5 Å². The summed E-state index contributed by atoms with van der Waals surface area (Å²) < 4.78 is 0. The second-order valence-corrected chi connectivity index (χ2v) is 13.5. The number of hydrogen-bond acceptors (Lipinski definition) is 2. The van der Waals surface area contributed by atoms with Crippen molar-refractivity contribution in [2.75, 3.05) is 0 Å². The molecule has 0 heterocycles. The third kappa shape index (κ3) is 3.58. The van der Waals surface area contributed by atoms with Gasteiger partial charge in [-0.25, -0.2) is 0 Å². The molecule has 0 spiro atoms. The van der Waals surface area contributed by atoms with Crippen LogP contribution >= 0.6 is 0 Å². The van der Waals surface area contributed by atoms with Crippen LogP contribution in [0.3, 0.4) is 0 Å². The van der Waals surface area contributed by atoms with E-state index in [4.69, 9.17) is 0 Å². The molecule has 3 saturated carbocycles. The van der Waals surface area contributed by atoms with E-state index in [-0.39, 0.29) is 28.5 Å². The van der Waals surface area contributed by atoms with Crippen molar-refractivity contribution in [3.63, 3.8) is 0 Å². The number of fused-ring (bicyclic) bond motifs is 5. The molecule has 2 heteroatoms. The zero-order valence-corrected chi connectivity index (χ0v) is 21.5. The average Bonchev–Trinajstić information content (AvgIpc) is 3.05. The SMILES string of the molecule is CC(C)CCC[C@@H](C)[C@H]1CC[C@H]2[C@@H]3CC=C4C(C)(C)[C@@H](O)CC[C@]4(C)[C@H]3C[C@@H](O)[C@]12C. The van der Waals surface area contributed by atoms with E-state index < -0.39 is 0 Å². The van der Waals surface area contributed by atoms with Gasteiger partial charge in [-0.3, -0.25) is 0 Å². The first-order valence-corrected chi connectivity index (χ1v) is 13.5. The smallest absolute Gasteiger partial charge is 0.0628 e. The Morgan fingerprint density at radius 3 is 2.32 bits per heavy atom. The monoisotopic (exact) mass is 430 g/mol. The quantitative estimate of drug-likeness (QED) is 0.461. The Hall–Kier alpha value is -0.340. The third-order valence-electron chi connectivity index (χ3n) is 11.2. The molecule has 4 rings (SSSR count). The normalized spacial score (nSPS) is 47.4. The van der Waals surface area contributed by atoms with Crippen LogP contribution in [0.25, 0.3) is 0 Å². The molecule has 0 aromatic rings. The van der Waals surface area contributed by atoms with Crippen molar-refractivity contribution in [3.05, 3.63) is 11.6 Å². The van der Waals surface area contributed by atoms with Crippen LogP contribution in [-0.2, 0) is 0 Å². The molecule has 2 nitrogen and oxygen atoms in total. The van der Waals surface area contributed by atoms with Crippen molar-refractivity contribution in [1.29, 1.82) is 0 Å². The number of hydrogen-bond donors (Lipinski definition) is 2. The predicted molar refractivity (Wildman–Crippen MR) is 130 cm³/mol. The summed E-state index contributed by atoms with van der Waals surface area (Å²) in [6, 6.07) is 0. The lowest BCUT2D eigenvalue weighted by Crippen LogP contribution is -2.58. The van der Waals surface area contributed by atoms with Crippen molar-refractivity contribution < 1.29 is 10.2 Å². The van der Waals surface area contributed by atoms with Crippen molar-refractivity contribution in [3.8, 4) is 0 Å². The minimum atomic E-state index is -0.232. The lowest BCUT2D eigenvalue weighted by atomic mass is 9.43. The molecule has 2 N–H and O–H groups in total. The largest absolute Gasteiger partial charge is 0.393 e. The molecule has 0 saturated heterocycles. The van der Waals surface area contributed by atoms with Gasteiger partial charge in [-0.1, -0.05) is 79.4 Å². The van der Waals surface area contributed by atoms with E-state index in [1.54, 1.807) is 0 Å². The Morgan fingerprint density at radius 1 is 0.935 bits per heavy atom. The van der Waals surface area contributed by atoms with Gasteiger partial charge in [0.15, 0.2) is 0 Å². The Balaban J connectivity index is 1.59. The van der Waals surface area contributed by atoms with Crippen molar-refractivity contribution in [2.24, 2.45) is 51.8 Å². The highest BCUT2D eigenvalue weighted by atomic mass is 16.3. The standard InChI is InChI=1S/C29H50O2/c1-18(2)9-8-10-19(3)21-12-13-22-20-11-14-24-27(4,5)25(30)15-16-28(24,6)23(20)17-26(31)29(21,22)7/h14,18-23,25-26,30-31H,8-13,15-17H2,1-7H3/t19-,20+,21-,22+,23+,25+,26-,28-,29-/m1/s1. The zero-order valence-electron chi connectivity index (χ0n) is 21.5. The molecule has 4 aliphatic rings. The van der Waals surface area contributed by atoms with Gasteiger partial charge in [0, 0.05) is 5.41 Å². The van der Waals surface area contributed by atoms with E-state index >= 15 is 0 Å². The van der Waals surface area contributed by atoms with Crippen LogP contribution in [0.1, 0.15) is 106 Å². The molecular weight excluding hydrogens is 380 g/mol. The highest BCUT2D eigenvalue weighted by molar-refractivity contribution is 5.31. The lowest BCUT2D eigenvalue weighted by Gasteiger charge is -2.62. The summed E-state index contributed by atoms with van der Waals surface area (Å²) >= 11 is 0. The molecule has 0 bridgehead atoms. The number of aliphatic hydroxyl groups is 2. The van der Waals surface area contributed by atoms with Crippen molar-refractivity contribution in [1.82, 2.24) is 0 Å². The minimum Gasteiger partial charge on any atom is -0.393 e.